The second-order valence-corrected chi connectivity index (χ2v) is 5.77. The largest absolute Gasteiger partial charge is 0.496 e. The zero-order chi connectivity index (χ0) is 14.7. The zero-order valence-electron chi connectivity index (χ0n) is 12.7. The number of rotatable bonds is 4. The number of likely N-dealkylation sites (N-methyl/N-ethyl adjacent to an activating group) is 1. The van der Waals surface area contributed by atoms with E-state index < -0.39 is 0 Å². The van der Waals surface area contributed by atoms with Gasteiger partial charge in [-0.05, 0) is 19.0 Å². The third-order valence-corrected chi connectivity index (χ3v) is 4.55. The van der Waals surface area contributed by atoms with Crippen molar-refractivity contribution in [3.63, 3.8) is 0 Å². The van der Waals surface area contributed by atoms with E-state index in [0.29, 0.717) is 4.95 Å². The van der Waals surface area contributed by atoms with Crippen molar-refractivity contribution in [2.24, 2.45) is 0 Å². The summed E-state index contributed by atoms with van der Waals surface area (Å²) in [6, 6.07) is 3.78. The topological polar surface area (TPSA) is 30.9 Å². The van der Waals surface area contributed by atoms with Gasteiger partial charge in [-0.2, -0.15) is 0 Å². The highest BCUT2D eigenvalue weighted by molar-refractivity contribution is 9.09. The smallest absolute Gasteiger partial charge is 0.133 e. The van der Waals surface area contributed by atoms with Gasteiger partial charge in [0.1, 0.15) is 17.2 Å². The molecule has 1 heterocycles. The summed E-state index contributed by atoms with van der Waals surface area (Å²) in [4.78, 5) is 2.56. The molecular weight excluding hydrogens is 402 g/mol. The molecule has 1 aliphatic rings. The van der Waals surface area contributed by atoms with Gasteiger partial charge in [-0.15, -0.1) is 17.0 Å². The first kappa shape index (κ1) is 18.3. The molecule has 0 amide bonds. The first-order chi connectivity index (χ1) is 9.60. The van der Waals surface area contributed by atoms with E-state index in [1.807, 2.05) is 12.1 Å². The molecule has 0 aromatic heterocycles. The maximum absolute atomic E-state index is 5.52. The normalized spacial score (nSPS) is 18.5. The molecule has 0 spiro atoms. The Bertz CT molecular complexity index is 495. The summed E-state index contributed by atoms with van der Waals surface area (Å²) >= 11 is 3.69. The molecule has 0 saturated carbocycles. The quantitative estimate of drug-likeness (QED) is 0.546. The van der Waals surface area contributed by atoms with Crippen LogP contribution in [0.4, 0.5) is 0 Å². The Hall–Kier alpha value is -0.720. The maximum Gasteiger partial charge on any atom is 0.133 e. The molecule has 21 heavy (non-hydrogen) atoms. The zero-order valence-corrected chi connectivity index (χ0v) is 16.0. The van der Waals surface area contributed by atoms with Gasteiger partial charge in [0, 0.05) is 18.7 Å². The van der Waals surface area contributed by atoms with Crippen LogP contribution in [-0.4, -0.2) is 44.8 Å². The number of alkyl halides is 1. The summed E-state index contributed by atoms with van der Waals surface area (Å²) in [6.45, 7) is 0.892. The minimum atomic E-state index is 0. The molecule has 118 valence electrons. The lowest BCUT2D eigenvalue weighted by atomic mass is 9.97. The van der Waals surface area contributed by atoms with Gasteiger partial charge in [0.05, 0.1) is 31.8 Å². The maximum atomic E-state index is 5.52. The molecular formula is C15H21Br2NO3. The number of methoxy groups -OCH3 is 3. The predicted octanol–water partition coefficient (Wildman–Crippen LogP) is 3.73. The lowest BCUT2D eigenvalue weighted by Gasteiger charge is -2.29. The van der Waals surface area contributed by atoms with Crippen molar-refractivity contribution in [3.8, 4) is 17.2 Å². The van der Waals surface area contributed by atoms with E-state index in [1.54, 1.807) is 21.3 Å². The van der Waals surface area contributed by atoms with Crippen LogP contribution in [0.25, 0.3) is 5.57 Å². The van der Waals surface area contributed by atoms with E-state index in [-0.39, 0.29) is 17.0 Å². The molecule has 1 aromatic carbocycles. The average molecular weight is 423 g/mol. The Labute approximate surface area is 145 Å². The first-order valence-corrected chi connectivity index (χ1v) is 7.36. The third kappa shape index (κ3) is 3.93. The molecule has 1 unspecified atom stereocenters. The predicted molar refractivity (Wildman–Crippen MR) is 94.4 cm³/mol. The van der Waals surface area contributed by atoms with Crippen molar-refractivity contribution in [2.75, 3.05) is 34.9 Å². The van der Waals surface area contributed by atoms with Gasteiger partial charge in [-0.3, -0.25) is 4.90 Å². The Morgan fingerprint density at radius 1 is 1.10 bits per heavy atom. The Morgan fingerprint density at radius 3 is 2.10 bits per heavy atom. The second-order valence-electron chi connectivity index (χ2n) is 4.71. The number of hydrogen-bond donors (Lipinski definition) is 0. The third-order valence-electron chi connectivity index (χ3n) is 3.53. The fourth-order valence-corrected chi connectivity index (χ4v) is 2.83. The van der Waals surface area contributed by atoms with Crippen molar-refractivity contribution in [1.82, 2.24) is 4.90 Å². The van der Waals surface area contributed by atoms with Crippen molar-refractivity contribution in [2.45, 2.75) is 11.4 Å². The van der Waals surface area contributed by atoms with E-state index in [1.165, 1.54) is 5.57 Å². The van der Waals surface area contributed by atoms with Gasteiger partial charge in [0.2, 0.25) is 0 Å². The molecule has 1 atom stereocenters. The van der Waals surface area contributed by atoms with Gasteiger partial charge in [-0.25, -0.2) is 0 Å². The fraction of sp³-hybridized carbons (Fsp3) is 0.467. The molecule has 0 aliphatic carbocycles. The van der Waals surface area contributed by atoms with Crippen LogP contribution in [0.15, 0.2) is 18.2 Å². The summed E-state index contributed by atoms with van der Waals surface area (Å²) in [6.07, 6.45) is 3.11. The summed E-state index contributed by atoms with van der Waals surface area (Å²) < 4.78 is 16.3. The fourth-order valence-electron chi connectivity index (χ4n) is 2.32. The molecule has 4 nitrogen and oxygen atoms in total. The standard InChI is InChI=1S/C15H20BrNO3.BrH/c1-17-6-5-10(7-14(17)16)15-12(19-3)8-11(18-2)9-13(15)20-4;/h5,8-9,14H,6-7H2,1-4H3;1H. The van der Waals surface area contributed by atoms with Crippen LogP contribution < -0.4 is 14.2 Å². The highest BCUT2D eigenvalue weighted by Crippen LogP contribution is 2.42. The Morgan fingerprint density at radius 2 is 1.67 bits per heavy atom. The number of benzene rings is 1. The lowest BCUT2D eigenvalue weighted by molar-refractivity contribution is 0.343. The SMILES string of the molecule is Br.COc1cc(OC)c(C2=CCN(C)C(Br)C2)c(OC)c1. The number of halogens is 2. The van der Waals surface area contributed by atoms with Crippen LogP contribution in [0.2, 0.25) is 0 Å². The summed E-state index contributed by atoms with van der Waals surface area (Å²) in [5, 5.41) is 0. The molecule has 0 fully saturated rings. The molecule has 0 N–H and O–H groups in total. The van der Waals surface area contributed by atoms with Crippen LogP contribution in [0.5, 0.6) is 17.2 Å². The minimum absolute atomic E-state index is 0. The molecule has 2 rings (SSSR count). The number of nitrogens with zero attached hydrogens (tertiary/aromatic N) is 1. The van der Waals surface area contributed by atoms with Gasteiger partial charge in [0.15, 0.2) is 0 Å². The summed E-state index contributed by atoms with van der Waals surface area (Å²) in [7, 11) is 7.06. The second kappa shape index (κ2) is 8.06. The Balaban J connectivity index is 0.00000220. The lowest BCUT2D eigenvalue weighted by Crippen LogP contribution is -2.30. The van der Waals surface area contributed by atoms with Crippen molar-refractivity contribution >= 4 is 38.5 Å². The van der Waals surface area contributed by atoms with E-state index in [4.69, 9.17) is 14.2 Å². The molecule has 0 bridgehead atoms. The number of hydrogen-bond acceptors (Lipinski definition) is 4. The highest BCUT2D eigenvalue weighted by atomic mass is 79.9. The van der Waals surface area contributed by atoms with Gasteiger partial charge < -0.3 is 14.2 Å². The first-order valence-electron chi connectivity index (χ1n) is 6.44. The van der Waals surface area contributed by atoms with Crippen LogP contribution >= 0.6 is 32.9 Å². The van der Waals surface area contributed by atoms with Crippen molar-refractivity contribution < 1.29 is 14.2 Å². The summed E-state index contributed by atoms with van der Waals surface area (Å²) in [5.74, 6) is 2.28. The van der Waals surface area contributed by atoms with E-state index in [2.05, 4.69) is 34.0 Å². The highest BCUT2D eigenvalue weighted by Gasteiger charge is 2.23. The van der Waals surface area contributed by atoms with Crippen LogP contribution in [-0.2, 0) is 0 Å². The van der Waals surface area contributed by atoms with Crippen molar-refractivity contribution in [1.29, 1.82) is 0 Å². The number of ether oxygens (including phenoxy) is 3. The molecule has 6 heteroatoms. The van der Waals surface area contributed by atoms with Crippen molar-refractivity contribution in [3.05, 3.63) is 23.8 Å². The molecule has 0 saturated heterocycles. The van der Waals surface area contributed by atoms with Crippen LogP contribution in [0, 0.1) is 0 Å². The van der Waals surface area contributed by atoms with E-state index in [0.717, 1.165) is 35.8 Å². The molecule has 1 aromatic rings. The van der Waals surface area contributed by atoms with Crippen LogP contribution in [0.1, 0.15) is 12.0 Å². The summed E-state index contributed by atoms with van der Waals surface area (Å²) in [5.41, 5.74) is 2.23. The van der Waals surface area contributed by atoms with Gasteiger partial charge >= 0.3 is 0 Å². The van der Waals surface area contributed by atoms with E-state index >= 15 is 0 Å². The van der Waals surface area contributed by atoms with E-state index in [9.17, 15) is 0 Å². The molecule has 1 aliphatic heterocycles. The van der Waals surface area contributed by atoms with Gasteiger partial charge in [0.25, 0.3) is 0 Å². The minimum Gasteiger partial charge on any atom is -0.496 e. The monoisotopic (exact) mass is 421 g/mol. The van der Waals surface area contributed by atoms with Gasteiger partial charge in [-0.1, -0.05) is 22.0 Å². The van der Waals surface area contributed by atoms with Crippen LogP contribution in [0.3, 0.4) is 0 Å². The average Bonchev–Trinajstić information content (AvgIpc) is 2.48. The Kier molecular flexibility index (Phi) is 7.03. The molecule has 0 radical (unpaired) electrons.